The molecule has 0 spiro atoms. The lowest BCUT2D eigenvalue weighted by molar-refractivity contribution is -0.0498. The van der Waals surface area contributed by atoms with Gasteiger partial charge in [0.15, 0.2) is 5.96 Å². The van der Waals surface area contributed by atoms with Gasteiger partial charge in [-0.15, -0.1) is 0 Å². The Labute approximate surface area is 166 Å². The summed E-state index contributed by atoms with van der Waals surface area (Å²) in [5, 5.41) is 16.7. The lowest BCUT2D eigenvalue weighted by atomic mass is 10.1. The maximum absolute atomic E-state index is 12.2. The van der Waals surface area contributed by atoms with Gasteiger partial charge in [0, 0.05) is 26.2 Å². The van der Waals surface area contributed by atoms with Crippen LogP contribution in [0.2, 0.25) is 0 Å². The Morgan fingerprint density at radius 2 is 1.89 bits per heavy atom. The van der Waals surface area contributed by atoms with Gasteiger partial charge in [0.05, 0.1) is 6.10 Å². The Bertz CT molecular complexity index is 592. The number of alkyl halides is 2. The number of halogens is 2. The summed E-state index contributed by atoms with van der Waals surface area (Å²) in [6, 6.07) is 5.99. The van der Waals surface area contributed by atoms with E-state index in [1.165, 1.54) is 38.1 Å². The van der Waals surface area contributed by atoms with Gasteiger partial charge in [-0.2, -0.15) is 8.78 Å². The molecule has 2 atom stereocenters. The molecule has 2 unspecified atom stereocenters. The summed E-state index contributed by atoms with van der Waals surface area (Å²) in [5.41, 5.74) is 0.618. The zero-order valence-corrected chi connectivity index (χ0v) is 16.7. The topological polar surface area (TPSA) is 69.1 Å². The van der Waals surface area contributed by atoms with Crippen molar-refractivity contribution >= 4 is 5.96 Å². The summed E-state index contributed by atoms with van der Waals surface area (Å²) in [6.07, 6.45) is 1.78. The second kappa shape index (κ2) is 11.8. The average molecular weight is 398 g/mol. The Kier molecular flexibility index (Phi) is 9.43. The molecule has 0 aromatic heterocycles. The SMILES string of the molecule is CCNC(=NCC(C)CN1CCCC1)NCC(O)c1ccc(OC(F)F)cc1. The summed E-state index contributed by atoms with van der Waals surface area (Å²) >= 11 is 0. The van der Waals surface area contributed by atoms with E-state index in [1.54, 1.807) is 12.1 Å². The fourth-order valence-electron chi connectivity index (χ4n) is 3.24. The van der Waals surface area contributed by atoms with Crippen molar-refractivity contribution in [2.24, 2.45) is 10.9 Å². The van der Waals surface area contributed by atoms with E-state index in [2.05, 4.69) is 32.2 Å². The smallest absolute Gasteiger partial charge is 0.387 e. The van der Waals surface area contributed by atoms with E-state index in [4.69, 9.17) is 0 Å². The molecule has 28 heavy (non-hydrogen) atoms. The third-order valence-electron chi connectivity index (χ3n) is 4.63. The average Bonchev–Trinajstić information content (AvgIpc) is 3.17. The first-order chi connectivity index (χ1) is 13.5. The van der Waals surface area contributed by atoms with E-state index in [0.717, 1.165) is 13.1 Å². The van der Waals surface area contributed by atoms with E-state index >= 15 is 0 Å². The molecule has 2 rings (SSSR count). The molecule has 1 aromatic carbocycles. The van der Waals surface area contributed by atoms with Crippen LogP contribution >= 0.6 is 0 Å². The van der Waals surface area contributed by atoms with Crippen molar-refractivity contribution in [2.75, 3.05) is 39.3 Å². The van der Waals surface area contributed by atoms with E-state index < -0.39 is 12.7 Å². The molecule has 1 aromatic rings. The first-order valence-corrected chi connectivity index (χ1v) is 9.95. The van der Waals surface area contributed by atoms with E-state index in [1.807, 2.05) is 6.92 Å². The summed E-state index contributed by atoms with van der Waals surface area (Å²) < 4.78 is 28.7. The van der Waals surface area contributed by atoms with Gasteiger partial charge >= 0.3 is 6.61 Å². The highest BCUT2D eigenvalue weighted by Crippen LogP contribution is 2.19. The number of aliphatic hydroxyl groups excluding tert-OH is 1. The number of nitrogens with one attached hydrogen (secondary N) is 2. The number of nitrogens with zero attached hydrogens (tertiary/aromatic N) is 2. The quantitative estimate of drug-likeness (QED) is 0.418. The highest BCUT2D eigenvalue weighted by molar-refractivity contribution is 5.79. The molecule has 1 saturated heterocycles. The Morgan fingerprint density at radius 3 is 2.50 bits per heavy atom. The van der Waals surface area contributed by atoms with Crippen molar-refractivity contribution in [3.05, 3.63) is 29.8 Å². The second-order valence-corrected chi connectivity index (χ2v) is 7.18. The molecule has 3 N–H and O–H groups in total. The van der Waals surface area contributed by atoms with Crippen molar-refractivity contribution in [3.63, 3.8) is 0 Å². The third-order valence-corrected chi connectivity index (χ3v) is 4.63. The van der Waals surface area contributed by atoms with Crippen molar-refractivity contribution in [2.45, 2.75) is 39.4 Å². The fourth-order valence-corrected chi connectivity index (χ4v) is 3.24. The number of guanidine groups is 1. The molecule has 0 aliphatic carbocycles. The number of rotatable bonds is 10. The number of benzene rings is 1. The maximum atomic E-state index is 12.2. The van der Waals surface area contributed by atoms with Crippen molar-refractivity contribution in [1.29, 1.82) is 0 Å². The van der Waals surface area contributed by atoms with Crippen LogP contribution in [0, 0.1) is 5.92 Å². The minimum Gasteiger partial charge on any atom is -0.435 e. The molecule has 6 nitrogen and oxygen atoms in total. The summed E-state index contributed by atoms with van der Waals surface area (Å²) in [4.78, 5) is 7.10. The van der Waals surface area contributed by atoms with Crippen molar-refractivity contribution < 1.29 is 18.6 Å². The van der Waals surface area contributed by atoms with Crippen molar-refractivity contribution in [3.8, 4) is 5.75 Å². The Hall–Kier alpha value is -1.93. The van der Waals surface area contributed by atoms with Crippen LogP contribution in [0.3, 0.4) is 0 Å². The zero-order chi connectivity index (χ0) is 20.4. The second-order valence-electron chi connectivity index (χ2n) is 7.18. The van der Waals surface area contributed by atoms with Crippen molar-refractivity contribution in [1.82, 2.24) is 15.5 Å². The molecule has 8 heteroatoms. The predicted octanol–water partition coefficient (Wildman–Crippen LogP) is 2.61. The van der Waals surface area contributed by atoms with Gasteiger partial charge in [-0.25, -0.2) is 0 Å². The molecular formula is C20H32F2N4O2. The third kappa shape index (κ3) is 7.98. The molecular weight excluding hydrogens is 366 g/mol. The number of ether oxygens (including phenoxy) is 1. The van der Waals surface area contributed by atoms with Crippen LogP contribution in [-0.2, 0) is 0 Å². The van der Waals surface area contributed by atoms with E-state index in [0.29, 0.717) is 24.0 Å². The lowest BCUT2D eigenvalue weighted by Gasteiger charge is -2.20. The molecule has 158 valence electrons. The normalized spacial score (nSPS) is 17.6. The van der Waals surface area contributed by atoms with Crippen LogP contribution < -0.4 is 15.4 Å². The summed E-state index contributed by atoms with van der Waals surface area (Å²) in [5.74, 6) is 1.19. The molecule has 1 heterocycles. The number of likely N-dealkylation sites (tertiary alicyclic amines) is 1. The van der Waals surface area contributed by atoms with Crippen LogP contribution in [0.15, 0.2) is 29.3 Å². The van der Waals surface area contributed by atoms with Crippen LogP contribution in [0.4, 0.5) is 8.78 Å². The molecule has 0 radical (unpaired) electrons. The fraction of sp³-hybridized carbons (Fsp3) is 0.650. The Morgan fingerprint density at radius 1 is 1.21 bits per heavy atom. The van der Waals surface area contributed by atoms with Crippen LogP contribution in [-0.4, -0.2) is 61.8 Å². The minimum atomic E-state index is -2.86. The van der Waals surface area contributed by atoms with Gasteiger partial charge in [0.2, 0.25) is 0 Å². The van der Waals surface area contributed by atoms with E-state index in [9.17, 15) is 13.9 Å². The van der Waals surface area contributed by atoms with Gasteiger partial charge < -0.3 is 25.4 Å². The summed E-state index contributed by atoms with van der Waals surface area (Å²) in [6.45, 7) is 6.44. The highest BCUT2D eigenvalue weighted by atomic mass is 19.3. The zero-order valence-electron chi connectivity index (χ0n) is 16.7. The molecule has 1 aliphatic rings. The molecule has 1 fully saturated rings. The van der Waals surface area contributed by atoms with Gasteiger partial charge in [-0.05, 0) is 56.5 Å². The lowest BCUT2D eigenvalue weighted by Crippen LogP contribution is -2.40. The van der Waals surface area contributed by atoms with E-state index in [-0.39, 0.29) is 12.3 Å². The number of aliphatic imine (C=N–C) groups is 1. The molecule has 0 amide bonds. The number of hydrogen-bond donors (Lipinski definition) is 3. The van der Waals surface area contributed by atoms with Crippen LogP contribution in [0.1, 0.15) is 38.4 Å². The Balaban J connectivity index is 1.81. The van der Waals surface area contributed by atoms with Crippen LogP contribution in [0.5, 0.6) is 5.75 Å². The summed E-state index contributed by atoms with van der Waals surface area (Å²) in [7, 11) is 0. The maximum Gasteiger partial charge on any atom is 0.387 e. The van der Waals surface area contributed by atoms with Gasteiger partial charge in [0.1, 0.15) is 5.75 Å². The van der Waals surface area contributed by atoms with Gasteiger partial charge in [-0.1, -0.05) is 19.1 Å². The van der Waals surface area contributed by atoms with Gasteiger partial charge in [0.25, 0.3) is 0 Å². The predicted molar refractivity (Wildman–Crippen MR) is 107 cm³/mol. The first-order valence-electron chi connectivity index (χ1n) is 9.95. The molecule has 1 aliphatic heterocycles. The van der Waals surface area contributed by atoms with Gasteiger partial charge in [-0.3, -0.25) is 4.99 Å². The standard InChI is InChI=1S/C20H32F2N4O2/c1-3-23-20(24-12-15(2)14-26-10-4-5-11-26)25-13-18(27)16-6-8-17(9-7-16)28-19(21)22/h6-9,15,18-19,27H,3-5,10-14H2,1-2H3,(H2,23,24,25). The first kappa shape index (κ1) is 22.4. The molecule has 0 saturated carbocycles. The molecule has 0 bridgehead atoms. The van der Waals surface area contributed by atoms with Crippen LogP contribution in [0.25, 0.3) is 0 Å². The minimum absolute atomic E-state index is 0.0702. The highest BCUT2D eigenvalue weighted by Gasteiger charge is 2.15. The largest absolute Gasteiger partial charge is 0.435 e. The monoisotopic (exact) mass is 398 g/mol. The number of aliphatic hydroxyl groups is 1. The number of hydrogen-bond acceptors (Lipinski definition) is 4.